The summed E-state index contributed by atoms with van der Waals surface area (Å²) >= 11 is 0. The van der Waals surface area contributed by atoms with Gasteiger partial charge in [0, 0.05) is 6.92 Å². The number of halogens is 3. The molecule has 132 valence electrons. The maximum Gasteiger partial charge on any atom is 0.243 e. The first-order valence-corrected chi connectivity index (χ1v) is 7.11. The predicted octanol–water partition coefficient (Wildman–Crippen LogP) is 1.32. The van der Waals surface area contributed by atoms with Gasteiger partial charge in [-0.3, -0.25) is 14.4 Å². The van der Waals surface area contributed by atoms with Crippen molar-refractivity contribution in [3.63, 3.8) is 0 Å². The highest BCUT2D eigenvalue weighted by molar-refractivity contribution is 5.96. The minimum Gasteiger partial charge on any atom is -0.345 e. The lowest BCUT2D eigenvalue weighted by Crippen LogP contribution is -2.50. The van der Waals surface area contributed by atoms with Gasteiger partial charge >= 0.3 is 0 Å². The van der Waals surface area contributed by atoms with Crippen molar-refractivity contribution < 1.29 is 27.6 Å². The van der Waals surface area contributed by atoms with E-state index in [-0.39, 0.29) is 5.92 Å². The Bertz CT molecular complexity index is 650. The monoisotopic (exact) mass is 345 g/mol. The standard InChI is InChI=1S/C15H18F3N3O3/c1-7(2)14(20-8(3)22)15(24)19-6-11(23)21-10-5-4-9(16)12(17)13(10)18/h4-5,7,14H,6H2,1-3H3,(H,19,24)(H,20,22)(H,21,23). The molecule has 0 saturated heterocycles. The average molecular weight is 345 g/mol. The van der Waals surface area contributed by atoms with Gasteiger partial charge in [0.25, 0.3) is 0 Å². The van der Waals surface area contributed by atoms with E-state index in [9.17, 15) is 27.6 Å². The van der Waals surface area contributed by atoms with Gasteiger partial charge in [-0.25, -0.2) is 13.2 Å². The Balaban J connectivity index is 2.64. The van der Waals surface area contributed by atoms with E-state index in [4.69, 9.17) is 0 Å². The van der Waals surface area contributed by atoms with Crippen molar-refractivity contribution in [1.29, 1.82) is 0 Å². The molecule has 1 atom stereocenters. The van der Waals surface area contributed by atoms with Crippen molar-refractivity contribution in [3.8, 4) is 0 Å². The normalized spacial score (nSPS) is 11.8. The Morgan fingerprint density at radius 2 is 1.71 bits per heavy atom. The van der Waals surface area contributed by atoms with Gasteiger partial charge in [0.05, 0.1) is 12.2 Å². The van der Waals surface area contributed by atoms with Gasteiger partial charge in [0.15, 0.2) is 17.5 Å². The van der Waals surface area contributed by atoms with Gasteiger partial charge in [-0.05, 0) is 18.1 Å². The smallest absolute Gasteiger partial charge is 0.243 e. The average Bonchev–Trinajstić information content (AvgIpc) is 2.50. The molecule has 6 nitrogen and oxygen atoms in total. The number of anilines is 1. The van der Waals surface area contributed by atoms with Crippen LogP contribution in [0.15, 0.2) is 12.1 Å². The number of benzene rings is 1. The number of carbonyl (C=O) groups is 3. The fourth-order valence-electron chi connectivity index (χ4n) is 1.85. The Hall–Kier alpha value is -2.58. The third-order valence-electron chi connectivity index (χ3n) is 3.04. The largest absolute Gasteiger partial charge is 0.345 e. The zero-order valence-electron chi connectivity index (χ0n) is 13.4. The van der Waals surface area contributed by atoms with Crippen LogP contribution in [0, 0.1) is 23.4 Å². The van der Waals surface area contributed by atoms with Crippen molar-refractivity contribution in [1.82, 2.24) is 10.6 Å². The van der Waals surface area contributed by atoms with Crippen molar-refractivity contribution >= 4 is 23.4 Å². The molecule has 1 rings (SSSR count). The van der Waals surface area contributed by atoms with E-state index in [0.717, 1.165) is 6.07 Å². The van der Waals surface area contributed by atoms with Crippen LogP contribution < -0.4 is 16.0 Å². The molecule has 3 amide bonds. The number of amides is 3. The minimum absolute atomic E-state index is 0.222. The van der Waals surface area contributed by atoms with Crippen molar-refractivity contribution in [2.75, 3.05) is 11.9 Å². The quantitative estimate of drug-likeness (QED) is 0.680. The summed E-state index contributed by atoms with van der Waals surface area (Å²) in [6.45, 7) is 4.13. The number of rotatable bonds is 6. The second-order valence-electron chi connectivity index (χ2n) is 5.41. The summed E-state index contributed by atoms with van der Waals surface area (Å²) in [5, 5.41) is 6.74. The highest BCUT2D eigenvalue weighted by Crippen LogP contribution is 2.19. The topological polar surface area (TPSA) is 87.3 Å². The van der Waals surface area contributed by atoms with Crippen LogP contribution in [0.3, 0.4) is 0 Å². The molecule has 0 fully saturated rings. The van der Waals surface area contributed by atoms with E-state index in [0.29, 0.717) is 6.07 Å². The molecule has 0 bridgehead atoms. The van der Waals surface area contributed by atoms with E-state index in [2.05, 4.69) is 10.6 Å². The summed E-state index contributed by atoms with van der Waals surface area (Å²) in [6.07, 6.45) is 0. The van der Waals surface area contributed by atoms with Crippen LogP contribution in [-0.2, 0) is 14.4 Å². The Labute approximate surface area is 136 Å². The Kier molecular flexibility index (Phi) is 6.75. The van der Waals surface area contributed by atoms with Crippen LogP contribution in [0.2, 0.25) is 0 Å². The van der Waals surface area contributed by atoms with E-state index in [1.165, 1.54) is 6.92 Å². The second kappa shape index (κ2) is 8.32. The van der Waals surface area contributed by atoms with E-state index in [1.807, 2.05) is 5.32 Å². The molecule has 24 heavy (non-hydrogen) atoms. The highest BCUT2D eigenvalue weighted by Gasteiger charge is 2.23. The fraction of sp³-hybridized carbons (Fsp3) is 0.400. The summed E-state index contributed by atoms with van der Waals surface area (Å²) in [4.78, 5) is 34.7. The maximum absolute atomic E-state index is 13.4. The molecule has 0 saturated carbocycles. The molecule has 0 aromatic heterocycles. The molecule has 0 aliphatic heterocycles. The Morgan fingerprint density at radius 1 is 1.08 bits per heavy atom. The minimum atomic E-state index is -1.71. The summed E-state index contributed by atoms with van der Waals surface area (Å²) < 4.78 is 39.3. The molecule has 1 aromatic carbocycles. The number of carbonyl (C=O) groups excluding carboxylic acids is 3. The van der Waals surface area contributed by atoms with Crippen LogP contribution in [0.1, 0.15) is 20.8 Å². The molecular weight excluding hydrogens is 327 g/mol. The van der Waals surface area contributed by atoms with Crippen molar-refractivity contribution in [3.05, 3.63) is 29.6 Å². The molecule has 0 heterocycles. The van der Waals surface area contributed by atoms with Crippen molar-refractivity contribution in [2.45, 2.75) is 26.8 Å². The van der Waals surface area contributed by atoms with E-state index < -0.39 is 53.4 Å². The molecule has 0 aliphatic carbocycles. The summed E-state index contributed by atoms with van der Waals surface area (Å²) in [6, 6.07) is 0.690. The molecule has 1 unspecified atom stereocenters. The van der Waals surface area contributed by atoms with Crippen molar-refractivity contribution in [2.24, 2.45) is 5.92 Å². The second-order valence-corrected chi connectivity index (χ2v) is 5.41. The lowest BCUT2D eigenvalue weighted by atomic mass is 10.0. The Morgan fingerprint density at radius 3 is 2.25 bits per heavy atom. The third kappa shape index (κ3) is 5.25. The molecule has 0 aliphatic rings. The van der Waals surface area contributed by atoms with Crippen LogP contribution in [-0.4, -0.2) is 30.3 Å². The first kappa shape index (κ1) is 19.5. The fourth-order valence-corrected chi connectivity index (χ4v) is 1.85. The van der Waals surface area contributed by atoms with Crippen LogP contribution >= 0.6 is 0 Å². The number of hydrogen-bond donors (Lipinski definition) is 3. The first-order valence-electron chi connectivity index (χ1n) is 7.11. The van der Waals surface area contributed by atoms with E-state index >= 15 is 0 Å². The summed E-state index contributed by atoms with van der Waals surface area (Å²) in [7, 11) is 0. The van der Waals surface area contributed by atoms with Gasteiger partial charge in [-0.2, -0.15) is 0 Å². The van der Waals surface area contributed by atoms with Gasteiger partial charge in [0.1, 0.15) is 6.04 Å². The molecule has 3 N–H and O–H groups in total. The van der Waals surface area contributed by atoms with Gasteiger partial charge in [-0.1, -0.05) is 13.8 Å². The highest BCUT2D eigenvalue weighted by atomic mass is 19.2. The van der Waals surface area contributed by atoms with Crippen LogP contribution in [0.4, 0.5) is 18.9 Å². The van der Waals surface area contributed by atoms with Crippen LogP contribution in [0.25, 0.3) is 0 Å². The first-order chi connectivity index (χ1) is 11.1. The molecular formula is C15H18F3N3O3. The molecule has 0 spiro atoms. The molecule has 9 heteroatoms. The molecule has 1 aromatic rings. The zero-order chi connectivity index (χ0) is 18.4. The number of hydrogen-bond acceptors (Lipinski definition) is 3. The lowest BCUT2D eigenvalue weighted by molar-refractivity contribution is -0.130. The predicted molar refractivity (Wildman–Crippen MR) is 80.4 cm³/mol. The third-order valence-corrected chi connectivity index (χ3v) is 3.04. The molecule has 0 radical (unpaired) electrons. The lowest BCUT2D eigenvalue weighted by Gasteiger charge is -2.20. The van der Waals surface area contributed by atoms with Gasteiger partial charge < -0.3 is 16.0 Å². The number of nitrogens with one attached hydrogen (secondary N) is 3. The zero-order valence-corrected chi connectivity index (χ0v) is 13.4. The summed E-state index contributed by atoms with van der Waals surface area (Å²) in [5.41, 5.74) is -0.546. The summed E-state index contributed by atoms with van der Waals surface area (Å²) in [5.74, 6) is -6.68. The van der Waals surface area contributed by atoms with Gasteiger partial charge in [0.2, 0.25) is 17.7 Å². The SMILES string of the molecule is CC(=O)NC(C(=O)NCC(=O)Nc1ccc(F)c(F)c1F)C(C)C. The van der Waals surface area contributed by atoms with Crippen LogP contribution in [0.5, 0.6) is 0 Å². The maximum atomic E-state index is 13.4. The van der Waals surface area contributed by atoms with E-state index in [1.54, 1.807) is 13.8 Å². The van der Waals surface area contributed by atoms with Gasteiger partial charge in [-0.15, -0.1) is 0 Å².